The van der Waals surface area contributed by atoms with Crippen LogP contribution >= 0.6 is 0 Å². The molecule has 1 unspecified atom stereocenters. The third kappa shape index (κ3) is 9.07. The van der Waals surface area contributed by atoms with E-state index < -0.39 is 29.8 Å². The van der Waals surface area contributed by atoms with E-state index >= 15 is 0 Å². The largest absolute Gasteiger partial charge is 0.478 e. The number of likely N-dealkylation sites (tertiary alicyclic amines) is 1. The highest BCUT2D eigenvalue weighted by Crippen LogP contribution is 2.37. The molecule has 1 aliphatic rings. The maximum absolute atomic E-state index is 13.4. The van der Waals surface area contributed by atoms with Crippen LogP contribution in [0.15, 0.2) is 66.7 Å². The number of halogens is 3. The molecule has 0 saturated carbocycles. The lowest BCUT2D eigenvalue weighted by Gasteiger charge is -2.24. The molecule has 9 heteroatoms. The van der Waals surface area contributed by atoms with Gasteiger partial charge in [0, 0.05) is 18.7 Å². The molecule has 1 heterocycles. The van der Waals surface area contributed by atoms with Crippen molar-refractivity contribution in [1.82, 2.24) is 4.90 Å². The zero-order valence-electron chi connectivity index (χ0n) is 17.9. The molecule has 1 fully saturated rings. The molecule has 1 saturated heterocycles. The van der Waals surface area contributed by atoms with Crippen molar-refractivity contribution in [3.8, 4) is 0 Å². The first-order valence-corrected chi connectivity index (χ1v) is 10.4. The molecule has 0 aliphatic carbocycles. The van der Waals surface area contributed by atoms with Gasteiger partial charge >= 0.3 is 18.1 Å². The maximum Gasteiger partial charge on any atom is 0.416 e. The third-order valence-corrected chi connectivity index (χ3v) is 4.91. The normalized spacial score (nSPS) is 15.1. The van der Waals surface area contributed by atoms with Crippen molar-refractivity contribution < 1.29 is 37.7 Å². The van der Waals surface area contributed by atoms with E-state index in [1.54, 1.807) is 6.07 Å². The van der Waals surface area contributed by atoms with Gasteiger partial charge in [-0.3, -0.25) is 0 Å². The molecule has 1 atom stereocenters. The van der Waals surface area contributed by atoms with Crippen LogP contribution in [0.4, 0.5) is 13.2 Å². The van der Waals surface area contributed by atoms with E-state index in [1.165, 1.54) is 25.0 Å². The van der Waals surface area contributed by atoms with E-state index in [-0.39, 0.29) is 5.56 Å². The quantitative estimate of drug-likeness (QED) is 0.554. The summed E-state index contributed by atoms with van der Waals surface area (Å²) in [5, 5.41) is 15.6. The summed E-state index contributed by atoms with van der Waals surface area (Å²) < 4.78 is 46.3. The van der Waals surface area contributed by atoms with E-state index in [4.69, 9.17) is 14.9 Å². The van der Waals surface area contributed by atoms with Crippen molar-refractivity contribution in [2.75, 3.05) is 26.2 Å². The average Bonchev–Trinajstić information content (AvgIpc) is 3.29. The second-order valence-corrected chi connectivity index (χ2v) is 7.31. The SMILES string of the molecule is FC(F)(F)c1ccccc1C(OCCN1CCCC1)c1ccccc1.O=C(O)/C=C/C(=O)O. The second kappa shape index (κ2) is 12.8. The molecule has 0 spiro atoms. The molecule has 0 amide bonds. The number of hydrogen-bond acceptors (Lipinski definition) is 4. The molecule has 1 aliphatic heterocycles. The van der Waals surface area contributed by atoms with Gasteiger partial charge in [-0.25, -0.2) is 9.59 Å². The van der Waals surface area contributed by atoms with Crippen LogP contribution < -0.4 is 0 Å². The van der Waals surface area contributed by atoms with Crippen molar-refractivity contribution in [3.63, 3.8) is 0 Å². The molecular weight excluding hydrogens is 439 g/mol. The molecule has 6 nitrogen and oxygen atoms in total. The summed E-state index contributed by atoms with van der Waals surface area (Å²) in [7, 11) is 0. The number of hydrogen-bond donors (Lipinski definition) is 2. The Hall–Kier alpha value is -3.17. The lowest BCUT2D eigenvalue weighted by molar-refractivity contribution is -0.139. The minimum absolute atomic E-state index is 0.169. The first-order valence-electron chi connectivity index (χ1n) is 10.4. The van der Waals surface area contributed by atoms with Crippen molar-refractivity contribution in [3.05, 3.63) is 83.4 Å². The fourth-order valence-corrected chi connectivity index (χ4v) is 3.43. The van der Waals surface area contributed by atoms with E-state index in [1.807, 2.05) is 30.3 Å². The predicted molar refractivity (Wildman–Crippen MR) is 116 cm³/mol. The van der Waals surface area contributed by atoms with Gasteiger partial charge in [0.05, 0.1) is 12.2 Å². The zero-order chi connectivity index (χ0) is 24.3. The number of benzene rings is 2. The van der Waals surface area contributed by atoms with E-state index in [0.717, 1.165) is 31.3 Å². The monoisotopic (exact) mass is 465 g/mol. The van der Waals surface area contributed by atoms with Gasteiger partial charge in [0.2, 0.25) is 0 Å². The Balaban J connectivity index is 0.000000414. The molecule has 3 rings (SSSR count). The molecule has 178 valence electrons. The smallest absolute Gasteiger partial charge is 0.416 e. The molecule has 33 heavy (non-hydrogen) atoms. The van der Waals surface area contributed by atoms with Crippen LogP contribution in [0, 0.1) is 0 Å². The van der Waals surface area contributed by atoms with Crippen LogP contribution in [0.5, 0.6) is 0 Å². The van der Waals surface area contributed by atoms with Gasteiger partial charge in [-0.2, -0.15) is 13.2 Å². The van der Waals surface area contributed by atoms with Crippen LogP contribution in [0.2, 0.25) is 0 Å². The lowest BCUT2D eigenvalue weighted by Crippen LogP contribution is -2.25. The summed E-state index contributed by atoms with van der Waals surface area (Å²) in [5.41, 5.74) is 0.272. The highest BCUT2D eigenvalue weighted by atomic mass is 19.4. The van der Waals surface area contributed by atoms with Crippen LogP contribution in [-0.4, -0.2) is 53.3 Å². The number of ether oxygens (including phenoxy) is 1. The molecular formula is C24H26F3NO5. The fraction of sp³-hybridized carbons (Fsp3) is 0.333. The maximum atomic E-state index is 13.4. The summed E-state index contributed by atoms with van der Waals surface area (Å²) in [6, 6.07) is 14.8. The fourth-order valence-electron chi connectivity index (χ4n) is 3.43. The summed E-state index contributed by atoms with van der Waals surface area (Å²) in [4.78, 5) is 21.4. The van der Waals surface area contributed by atoms with E-state index in [2.05, 4.69) is 4.90 Å². The van der Waals surface area contributed by atoms with Crippen molar-refractivity contribution in [2.24, 2.45) is 0 Å². The minimum Gasteiger partial charge on any atom is -0.478 e. The summed E-state index contributed by atoms with van der Waals surface area (Å²) >= 11 is 0. The molecule has 2 aromatic rings. The van der Waals surface area contributed by atoms with Crippen molar-refractivity contribution in [1.29, 1.82) is 0 Å². The van der Waals surface area contributed by atoms with E-state index in [0.29, 0.717) is 18.8 Å². The van der Waals surface area contributed by atoms with E-state index in [9.17, 15) is 22.8 Å². The van der Waals surface area contributed by atoms with Gasteiger partial charge in [-0.15, -0.1) is 0 Å². The summed E-state index contributed by atoms with van der Waals surface area (Å²) in [6.45, 7) is 3.24. The standard InChI is InChI=1S/C20H22F3NO.C4H4O4/c21-20(22,23)18-11-5-4-10-17(18)19(16-8-2-1-3-9-16)25-15-14-24-12-6-7-13-24;5-3(6)1-2-4(7)8/h1-5,8-11,19H,6-7,12-15H2;1-2H,(H,5,6)(H,7,8)/b;2-1+. The highest BCUT2D eigenvalue weighted by Gasteiger charge is 2.35. The van der Waals surface area contributed by atoms with Gasteiger partial charge in [0.1, 0.15) is 6.10 Å². The Bertz CT molecular complexity index is 909. The minimum atomic E-state index is -4.40. The van der Waals surface area contributed by atoms with Gasteiger partial charge in [-0.1, -0.05) is 48.5 Å². The Morgan fingerprint density at radius 3 is 2.03 bits per heavy atom. The number of rotatable bonds is 8. The van der Waals surface area contributed by atoms with Crippen LogP contribution in [0.3, 0.4) is 0 Å². The Kier molecular flexibility index (Phi) is 10.1. The van der Waals surface area contributed by atoms with Crippen LogP contribution in [-0.2, 0) is 20.5 Å². The molecule has 2 aromatic carbocycles. The van der Waals surface area contributed by atoms with Gasteiger partial charge in [-0.05, 0) is 43.1 Å². The Labute approximate surface area is 189 Å². The third-order valence-electron chi connectivity index (χ3n) is 4.91. The first kappa shape index (κ1) is 26.1. The number of carbonyl (C=O) groups is 2. The summed E-state index contributed by atoms with van der Waals surface area (Å²) in [5.74, 6) is -2.51. The molecule has 0 radical (unpaired) electrons. The van der Waals surface area contributed by atoms with Crippen LogP contribution in [0.25, 0.3) is 0 Å². The number of carboxylic acids is 2. The Morgan fingerprint density at radius 2 is 1.48 bits per heavy atom. The molecule has 0 bridgehead atoms. The first-order chi connectivity index (χ1) is 15.7. The zero-order valence-corrected chi connectivity index (χ0v) is 17.9. The van der Waals surface area contributed by atoms with Gasteiger partial charge < -0.3 is 19.8 Å². The predicted octanol–water partition coefficient (Wildman–Crippen LogP) is 4.62. The van der Waals surface area contributed by atoms with Crippen molar-refractivity contribution in [2.45, 2.75) is 25.1 Å². The number of aliphatic carboxylic acids is 2. The van der Waals surface area contributed by atoms with Crippen LogP contribution in [0.1, 0.15) is 35.6 Å². The number of nitrogens with zero attached hydrogens (tertiary/aromatic N) is 1. The average molecular weight is 465 g/mol. The van der Waals surface area contributed by atoms with Gasteiger partial charge in [0.25, 0.3) is 0 Å². The number of carboxylic acid groups (broad SMARTS) is 2. The molecule has 2 N–H and O–H groups in total. The summed E-state index contributed by atoms with van der Waals surface area (Å²) in [6.07, 6.45) is -1.65. The molecule has 0 aromatic heterocycles. The Morgan fingerprint density at radius 1 is 0.939 bits per heavy atom. The second-order valence-electron chi connectivity index (χ2n) is 7.31. The van der Waals surface area contributed by atoms with Crippen molar-refractivity contribution >= 4 is 11.9 Å². The van der Waals surface area contributed by atoms with Gasteiger partial charge in [0.15, 0.2) is 0 Å². The number of alkyl halides is 3. The lowest BCUT2D eigenvalue weighted by atomic mass is 9.96. The highest BCUT2D eigenvalue weighted by molar-refractivity contribution is 5.89. The topological polar surface area (TPSA) is 87.1 Å².